The van der Waals surface area contributed by atoms with Crippen molar-refractivity contribution in [3.05, 3.63) is 59.9 Å². The molecular weight excluding hydrogens is 328 g/mol. The number of carbonyl (C=O) groups excluding carboxylic acids is 1. The van der Waals surface area contributed by atoms with Crippen molar-refractivity contribution >= 4 is 16.9 Å². The van der Waals surface area contributed by atoms with E-state index in [4.69, 9.17) is 9.40 Å². The summed E-state index contributed by atoms with van der Waals surface area (Å²) in [6, 6.07) is 13.6. The molecule has 1 N–H and O–H groups in total. The topological polar surface area (TPSA) is 73.0 Å². The van der Waals surface area contributed by atoms with Gasteiger partial charge in [-0.15, -0.1) is 0 Å². The summed E-state index contributed by atoms with van der Waals surface area (Å²) in [4.78, 5) is 21.6. The maximum atomic E-state index is 12.3. The van der Waals surface area contributed by atoms with Gasteiger partial charge < -0.3 is 14.3 Å². The van der Waals surface area contributed by atoms with Gasteiger partial charge in [0, 0.05) is 18.7 Å². The standard InChI is InChI=1S/C20H16N4O2/c1-12-5-7-13(8-6-12)20-23-16(11-26-20)18-22-15-4-2-3-14-17(15)24(18)10-9-21-19(14)25/h2-8,11H,9-10H2,1H3,(H,21,25). The van der Waals surface area contributed by atoms with Gasteiger partial charge in [0.25, 0.3) is 5.91 Å². The molecule has 2 aromatic heterocycles. The van der Waals surface area contributed by atoms with Crippen LogP contribution in [0.4, 0.5) is 0 Å². The Labute approximate surface area is 149 Å². The Morgan fingerprint density at radius 2 is 1.96 bits per heavy atom. The van der Waals surface area contributed by atoms with Crippen molar-refractivity contribution in [2.45, 2.75) is 13.5 Å². The third-order valence-electron chi connectivity index (χ3n) is 4.66. The second-order valence-electron chi connectivity index (χ2n) is 6.42. The summed E-state index contributed by atoms with van der Waals surface area (Å²) in [7, 11) is 0. The van der Waals surface area contributed by atoms with Crippen molar-refractivity contribution in [2.75, 3.05) is 6.54 Å². The highest BCUT2D eigenvalue weighted by Gasteiger charge is 2.23. The normalized spacial score (nSPS) is 13.7. The Balaban J connectivity index is 1.66. The zero-order valence-electron chi connectivity index (χ0n) is 14.2. The third kappa shape index (κ3) is 2.23. The number of para-hydroxylation sites is 1. The Hall–Kier alpha value is -3.41. The van der Waals surface area contributed by atoms with Gasteiger partial charge in [0.05, 0.1) is 16.6 Å². The van der Waals surface area contributed by atoms with Crippen LogP contribution in [-0.2, 0) is 6.54 Å². The number of nitrogens with zero attached hydrogens (tertiary/aromatic N) is 3. The fourth-order valence-corrected chi connectivity index (χ4v) is 3.36. The molecule has 1 aliphatic rings. The van der Waals surface area contributed by atoms with E-state index < -0.39 is 0 Å². The molecule has 0 fully saturated rings. The lowest BCUT2D eigenvalue weighted by molar-refractivity contribution is 0.0956. The van der Waals surface area contributed by atoms with Crippen LogP contribution in [0.3, 0.4) is 0 Å². The lowest BCUT2D eigenvalue weighted by atomic mass is 10.1. The number of rotatable bonds is 2. The minimum absolute atomic E-state index is 0.0682. The summed E-state index contributed by atoms with van der Waals surface area (Å²) in [5.41, 5.74) is 5.04. The van der Waals surface area contributed by atoms with E-state index in [1.165, 1.54) is 5.56 Å². The van der Waals surface area contributed by atoms with Crippen molar-refractivity contribution in [1.82, 2.24) is 19.9 Å². The summed E-state index contributed by atoms with van der Waals surface area (Å²) in [6.07, 6.45) is 1.62. The molecule has 0 atom stereocenters. The molecule has 6 nitrogen and oxygen atoms in total. The van der Waals surface area contributed by atoms with E-state index in [1.54, 1.807) is 6.26 Å². The third-order valence-corrected chi connectivity index (χ3v) is 4.66. The van der Waals surface area contributed by atoms with Gasteiger partial charge in [0.1, 0.15) is 12.0 Å². The summed E-state index contributed by atoms with van der Waals surface area (Å²) in [6.45, 7) is 3.23. The maximum Gasteiger partial charge on any atom is 0.253 e. The number of hydrogen-bond acceptors (Lipinski definition) is 4. The average molecular weight is 344 g/mol. The molecule has 0 saturated heterocycles. The number of benzene rings is 2. The van der Waals surface area contributed by atoms with Crippen LogP contribution in [0.2, 0.25) is 0 Å². The van der Waals surface area contributed by atoms with Gasteiger partial charge in [-0.3, -0.25) is 4.79 Å². The fraction of sp³-hybridized carbons (Fsp3) is 0.150. The van der Waals surface area contributed by atoms with Crippen LogP contribution in [0.15, 0.2) is 53.1 Å². The van der Waals surface area contributed by atoms with Gasteiger partial charge in [-0.25, -0.2) is 9.97 Å². The second-order valence-corrected chi connectivity index (χ2v) is 6.42. The maximum absolute atomic E-state index is 12.3. The van der Waals surface area contributed by atoms with E-state index in [-0.39, 0.29) is 5.91 Å². The Morgan fingerprint density at radius 3 is 2.81 bits per heavy atom. The highest BCUT2D eigenvalue weighted by molar-refractivity contribution is 6.06. The summed E-state index contributed by atoms with van der Waals surface area (Å²) >= 11 is 0. The SMILES string of the molecule is Cc1ccc(-c2nc(-c3nc4cccc5c4n3CCNC5=O)co2)cc1. The van der Waals surface area contributed by atoms with Crippen LogP contribution in [0.5, 0.6) is 0 Å². The van der Waals surface area contributed by atoms with E-state index in [1.807, 2.05) is 54.0 Å². The Kier molecular flexibility index (Phi) is 3.18. The van der Waals surface area contributed by atoms with Crippen molar-refractivity contribution in [2.24, 2.45) is 0 Å². The number of carbonyl (C=O) groups is 1. The monoisotopic (exact) mass is 344 g/mol. The van der Waals surface area contributed by atoms with Gasteiger partial charge in [-0.2, -0.15) is 0 Å². The van der Waals surface area contributed by atoms with Crippen LogP contribution in [0.1, 0.15) is 15.9 Å². The van der Waals surface area contributed by atoms with E-state index in [9.17, 15) is 4.79 Å². The number of oxazole rings is 1. The molecule has 1 aliphatic heterocycles. The molecule has 5 rings (SSSR count). The highest BCUT2D eigenvalue weighted by Crippen LogP contribution is 2.29. The molecule has 0 saturated carbocycles. The molecule has 128 valence electrons. The fourth-order valence-electron chi connectivity index (χ4n) is 3.36. The van der Waals surface area contributed by atoms with Crippen LogP contribution < -0.4 is 5.32 Å². The smallest absolute Gasteiger partial charge is 0.253 e. The Bertz CT molecular complexity index is 1140. The van der Waals surface area contributed by atoms with Gasteiger partial charge in [-0.05, 0) is 31.2 Å². The first-order valence-electron chi connectivity index (χ1n) is 8.51. The Morgan fingerprint density at radius 1 is 1.12 bits per heavy atom. The molecule has 2 aromatic carbocycles. The number of amides is 1. The van der Waals surface area contributed by atoms with E-state index in [0.29, 0.717) is 36.1 Å². The van der Waals surface area contributed by atoms with Crippen molar-refractivity contribution in [3.8, 4) is 23.0 Å². The molecule has 0 aliphatic carbocycles. The predicted molar refractivity (Wildman–Crippen MR) is 97.7 cm³/mol. The molecule has 0 bridgehead atoms. The molecule has 6 heteroatoms. The first kappa shape index (κ1) is 14.9. The van der Waals surface area contributed by atoms with Crippen LogP contribution in [-0.4, -0.2) is 27.0 Å². The van der Waals surface area contributed by atoms with Crippen LogP contribution >= 0.6 is 0 Å². The molecule has 3 heterocycles. The molecule has 26 heavy (non-hydrogen) atoms. The minimum Gasteiger partial charge on any atom is -0.444 e. The van der Waals surface area contributed by atoms with Gasteiger partial charge in [0.2, 0.25) is 5.89 Å². The summed E-state index contributed by atoms with van der Waals surface area (Å²) < 4.78 is 7.74. The first-order valence-corrected chi connectivity index (χ1v) is 8.51. The van der Waals surface area contributed by atoms with Crippen LogP contribution in [0.25, 0.3) is 34.0 Å². The largest absolute Gasteiger partial charge is 0.444 e. The lowest BCUT2D eigenvalue weighted by Gasteiger charge is -2.04. The van der Waals surface area contributed by atoms with Crippen molar-refractivity contribution in [1.29, 1.82) is 0 Å². The number of imidazole rings is 1. The molecule has 0 radical (unpaired) electrons. The summed E-state index contributed by atoms with van der Waals surface area (Å²) in [5.74, 6) is 1.20. The highest BCUT2D eigenvalue weighted by atomic mass is 16.3. The van der Waals surface area contributed by atoms with Gasteiger partial charge in [0.15, 0.2) is 5.82 Å². The van der Waals surface area contributed by atoms with Crippen molar-refractivity contribution < 1.29 is 9.21 Å². The van der Waals surface area contributed by atoms with Crippen molar-refractivity contribution in [3.63, 3.8) is 0 Å². The van der Waals surface area contributed by atoms with Gasteiger partial charge >= 0.3 is 0 Å². The van der Waals surface area contributed by atoms with E-state index in [0.717, 1.165) is 16.6 Å². The van der Waals surface area contributed by atoms with Crippen LogP contribution in [0, 0.1) is 6.92 Å². The second kappa shape index (κ2) is 5.56. The average Bonchev–Trinajstić information content (AvgIpc) is 3.23. The number of hydrogen-bond donors (Lipinski definition) is 1. The zero-order chi connectivity index (χ0) is 17.7. The minimum atomic E-state index is -0.0682. The lowest BCUT2D eigenvalue weighted by Crippen LogP contribution is -2.24. The number of aromatic nitrogens is 3. The zero-order valence-corrected chi connectivity index (χ0v) is 14.2. The number of aryl methyl sites for hydroxylation is 1. The van der Waals surface area contributed by atoms with E-state index >= 15 is 0 Å². The summed E-state index contributed by atoms with van der Waals surface area (Å²) in [5, 5.41) is 2.92. The predicted octanol–water partition coefficient (Wildman–Crippen LogP) is 3.41. The molecule has 1 amide bonds. The molecule has 0 unspecified atom stereocenters. The van der Waals surface area contributed by atoms with E-state index in [2.05, 4.69) is 10.3 Å². The molecule has 4 aromatic rings. The molecule has 0 spiro atoms. The van der Waals surface area contributed by atoms with Gasteiger partial charge in [-0.1, -0.05) is 23.8 Å². The first-order chi connectivity index (χ1) is 12.7. The quantitative estimate of drug-likeness (QED) is 0.605. The molecular formula is C20H16N4O2. The number of nitrogens with one attached hydrogen (secondary N) is 1.